The van der Waals surface area contributed by atoms with Crippen molar-refractivity contribution in [2.75, 3.05) is 0 Å². The molecule has 0 aromatic rings. The summed E-state index contributed by atoms with van der Waals surface area (Å²) in [5.41, 5.74) is 0.0735. The van der Waals surface area contributed by atoms with Gasteiger partial charge in [-0.15, -0.1) is 0 Å². The summed E-state index contributed by atoms with van der Waals surface area (Å²) in [7, 11) is 0. The Kier molecular flexibility index (Phi) is 2.31. The molecule has 3 heteroatoms. The molecule has 1 aliphatic heterocycles. The highest BCUT2D eigenvalue weighted by molar-refractivity contribution is 5.88. The van der Waals surface area contributed by atoms with E-state index in [9.17, 15) is 9.59 Å². The highest BCUT2D eigenvalue weighted by Gasteiger charge is 2.75. The Labute approximate surface area is 125 Å². The van der Waals surface area contributed by atoms with Crippen molar-refractivity contribution in [3.8, 4) is 0 Å². The summed E-state index contributed by atoms with van der Waals surface area (Å²) in [6, 6.07) is 0. The Hall–Kier alpha value is -0.700. The molecule has 0 bridgehead atoms. The minimum absolute atomic E-state index is 0.0832. The fourth-order valence-electron chi connectivity index (χ4n) is 6.92. The summed E-state index contributed by atoms with van der Waals surface area (Å²) >= 11 is 0. The Morgan fingerprint density at radius 3 is 2.67 bits per heavy atom. The summed E-state index contributed by atoms with van der Waals surface area (Å²) in [4.78, 5) is 24.1. The molecule has 7 atom stereocenters. The summed E-state index contributed by atoms with van der Waals surface area (Å²) in [6.07, 6.45) is 8.08. The molecule has 5 aliphatic rings. The maximum absolute atomic E-state index is 12.1. The van der Waals surface area contributed by atoms with E-state index in [-0.39, 0.29) is 17.1 Å². The van der Waals surface area contributed by atoms with Crippen molar-refractivity contribution < 1.29 is 14.3 Å². The number of ketones is 2. The minimum atomic E-state index is -0.112. The van der Waals surface area contributed by atoms with Crippen LogP contribution >= 0.6 is 0 Å². The van der Waals surface area contributed by atoms with Crippen molar-refractivity contribution in [1.29, 1.82) is 0 Å². The fourth-order valence-corrected chi connectivity index (χ4v) is 6.92. The van der Waals surface area contributed by atoms with Gasteiger partial charge in [0.1, 0.15) is 17.5 Å². The van der Waals surface area contributed by atoms with E-state index in [1.807, 2.05) is 0 Å². The van der Waals surface area contributed by atoms with E-state index in [0.717, 1.165) is 32.1 Å². The number of rotatable bonds is 0. The van der Waals surface area contributed by atoms with Crippen molar-refractivity contribution >= 4 is 11.6 Å². The standard InChI is InChI=1S/C18H24O3/c1-17-8-7-15(20)16-18(17,21-16)9-6-11-10-3-5-14(19)12(10)2-4-13(11)17/h10-13,16H,2-9H2,1H3/t10?,11?,12?,13?,16-,17?,18-/m0/s1. The average Bonchev–Trinajstić information content (AvgIpc) is 3.12. The zero-order chi connectivity index (χ0) is 14.4. The van der Waals surface area contributed by atoms with Crippen molar-refractivity contribution in [2.45, 2.75) is 70.0 Å². The number of hydrogen-bond donors (Lipinski definition) is 0. The first-order valence-corrected chi connectivity index (χ1v) is 8.80. The number of hydrogen-bond acceptors (Lipinski definition) is 3. The van der Waals surface area contributed by atoms with Crippen LogP contribution in [-0.4, -0.2) is 23.3 Å². The number of carbonyl (C=O) groups is 2. The van der Waals surface area contributed by atoms with Gasteiger partial charge in [-0.25, -0.2) is 0 Å². The lowest BCUT2D eigenvalue weighted by Crippen LogP contribution is -2.56. The molecule has 0 aromatic heterocycles. The zero-order valence-corrected chi connectivity index (χ0v) is 12.8. The number of epoxide rings is 1. The van der Waals surface area contributed by atoms with Crippen LogP contribution in [0.2, 0.25) is 0 Å². The second-order valence-electron chi connectivity index (χ2n) is 8.43. The molecule has 21 heavy (non-hydrogen) atoms. The number of fused-ring (bicyclic) bond motifs is 4. The Balaban J connectivity index is 1.51. The lowest BCUT2D eigenvalue weighted by molar-refractivity contribution is -0.130. The van der Waals surface area contributed by atoms with Crippen LogP contribution in [0.5, 0.6) is 0 Å². The summed E-state index contributed by atoms with van der Waals surface area (Å²) < 4.78 is 6.05. The second-order valence-corrected chi connectivity index (χ2v) is 8.43. The highest BCUT2D eigenvalue weighted by atomic mass is 16.6. The molecule has 1 heterocycles. The molecule has 5 fully saturated rings. The van der Waals surface area contributed by atoms with Gasteiger partial charge in [0.05, 0.1) is 0 Å². The third-order valence-corrected chi connectivity index (χ3v) is 8.02. The molecular weight excluding hydrogens is 264 g/mol. The maximum atomic E-state index is 12.1. The molecule has 114 valence electrons. The van der Waals surface area contributed by atoms with Crippen LogP contribution in [0.1, 0.15) is 58.3 Å². The van der Waals surface area contributed by atoms with Crippen LogP contribution in [0.3, 0.4) is 0 Å². The molecule has 0 aromatic carbocycles. The first-order valence-electron chi connectivity index (χ1n) is 8.80. The molecule has 5 rings (SSSR count). The van der Waals surface area contributed by atoms with E-state index >= 15 is 0 Å². The molecule has 0 amide bonds. The summed E-state index contributed by atoms with van der Waals surface area (Å²) in [5.74, 6) is 3.27. The Morgan fingerprint density at radius 1 is 0.952 bits per heavy atom. The molecular formula is C18H24O3. The van der Waals surface area contributed by atoms with Crippen molar-refractivity contribution in [1.82, 2.24) is 0 Å². The molecule has 3 nitrogen and oxygen atoms in total. The van der Waals surface area contributed by atoms with Gasteiger partial charge in [0, 0.05) is 24.2 Å². The van der Waals surface area contributed by atoms with Crippen LogP contribution in [0, 0.1) is 29.1 Å². The molecule has 0 N–H and O–H groups in total. The van der Waals surface area contributed by atoms with Gasteiger partial charge in [0.2, 0.25) is 0 Å². The molecule has 4 aliphatic carbocycles. The minimum Gasteiger partial charge on any atom is -0.357 e. The van der Waals surface area contributed by atoms with Crippen molar-refractivity contribution in [3.05, 3.63) is 0 Å². The number of Topliss-reactive ketones (excluding diaryl/α,β-unsaturated/α-hetero) is 2. The monoisotopic (exact) mass is 288 g/mol. The van der Waals surface area contributed by atoms with Gasteiger partial charge in [0.25, 0.3) is 0 Å². The van der Waals surface area contributed by atoms with E-state index in [2.05, 4.69) is 6.92 Å². The topological polar surface area (TPSA) is 46.7 Å². The van der Waals surface area contributed by atoms with Gasteiger partial charge < -0.3 is 4.74 Å². The average molecular weight is 288 g/mol. The molecule has 4 saturated carbocycles. The van der Waals surface area contributed by atoms with Gasteiger partial charge in [0.15, 0.2) is 5.78 Å². The van der Waals surface area contributed by atoms with Crippen molar-refractivity contribution in [3.63, 3.8) is 0 Å². The van der Waals surface area contributed by atoms with E-state index in [1.54, 1.807) is 0 Å². The SMILES string of the molecule is CC12CCC(=O)[C@@H]3O[C@@]31CCC1C3CCC(=O)C3CCC12. The van der Waals surface area contributed by atoms with E-state index in [1.165, 1.54) is 12.8 Å². The van der Waals surface area contributed by atoms with Gasteiger partial charge in [-0.1, -0.05) is 6.92 Å². The smallest absolute Gasteiger partial charge is 0.164 e. The first-order chi connectivity index (χ1) is 10.1. The summed E-state index contributed by atoms with van der Waals surface area (Å²) in [5, 5.41) is 0. The maximum Gasteiger partial charge on any atom is 0.164 e. The quantitative estimate of drug-likeness (QED) is 0.644. The highest BCUT2D eigenvalue weighted by Crippen LogP contribution is 2.70. The molecule has 1 saturated heterocycles. The first kappa shape index (κ1) is 12.8. The summed E-state index contributed by atoms with van der Waals surface area (Å²) in [6.45, 7) is 2.40. The second kappa shape index (κ2) is 3.79. The molecule has 5 unspecified atom stereocenters. The van der Waals surface area contributed by atoms with Crippen LogP contribution in [0.4, 0.5) is 0 Å². The molecule has 1 spiro atoms. The van der Waals surface area contributed by atoms with E-state index < -0.39 is 0 Å². The normalized spacial score (nSPS) is 58.0. The molecule has 0 radical (unpaired) electrons. The lowest BCUT2D eigenvalue weighted by atomic mass is 9.47. The van der Waals surface area contributed by atoms with Gasteiger partial charge >= 0.3 is 0 Å². The lowest BCUT2D eigenvalue weighted by Gasteiger charge is -2.56. The van der Waals surface area contributed by atoms with E-state index in [0.29, 0.717) is 41.7 Å². The van der Waals surface area contributed by atoms with E-state index in [4.69, 9.17) is 4.74 Å². The Morgan fingerprint density at radius 2 is 1.81 bits per heavy atom. The number of carbonyl (C=O) groups excluding carboxylic acids is 2. The predicted octanol–water partition coefficient (Wildman–Crippen LogP) is 2.91. The zero-order valence-electron chi connectivity index (χ0n) is 12.8. The third-order valence-electron chi connectivity index (χ3n) is 8.02. The largest absolute Gasteiger partial charge is 0.357 e. The van der Waals surface area contributed by atoms with Gasteiger partial charge in [-0.2, -0.15) is 0 Å². The van der Waals surface area contributed by atoms with Gasteiger partial charge in [-0.3, -0.25) is 9.59 Å². The van der Waals surface area contributed by atoms with Gasteiger partial charge in [-0.05, 0) is 56.3 Å². The van der Waals surface area contributed by atoms with Crippen LogP contribution < -0.4 is 0 Å². The third kappa shape index (κ3) is 1.35. The van der Waals surface area contributed by atoms with Crippen LogP contribution in [0.15, 0.2) is 0 Å². The Bertz CT molecular complexity index is 541. The van der Waals surface area contributed by atoms with Crippen LogP contribution in [-0.2, 0) is 14.3 Å². The van der Waals surface area contributed by atoms with Crippen molar-refractivity contribution in [2.24, 2.45) is 29.1 Å². The van der Waals surface area contributed by atoms with Crippen LogP contribution in [0.25, 0.3) is 0 Å². The fraction of sp³-hybridized carbons (Fsp3) is 0.889. The predicted molar refractivity (Wildman–Crippen MR) is 76.6 cm³/mol. The number of ether oxygens (including phenoxy) is 1.